The summed E-state index contributed by atoms with van der Waals surface area (Å²) < 4.78 is 87.4. The van der Waals surface area contributed by atoms with Crippen LogP contribution in [0.3, 0.4) is 0 Å². The third-order valence-electron chi connectivity index (χ3n) is 6.44. The van der Waals surface area contributed by atoms with Crippen molar-refractivity contribution in [1.29, 1.82) is 0 Å². The molecule has 7 unspecified atom stereocenters. The summed E-state index contributed by atoms with van der Waals surface area (Å²) in [5.41, 5.74) is 0. The van der Waals surface area contributed by atoms with E-state index in [-0.39, 0.29) is 30.1 Å². The van der Waals surface area contributed by atoms with Gasteiger partial charge in [0.2, 0.25) is 0 Å². The van der Waals surface area contributed by atoms with E-state index in [1.165, 1.54) is 0 Å². The summed E-state index contributed by atoms with van der Waals surface area (Å²) in [4.78, 5) is 0. The molecule has 0 aromatic heterocycles. The molecule has 0 heterocycles. The molecule has 0 aromatic carbocycles. The fourth-order valence-electron chi connectivity index (χ4n) is 5.82. The van der Waals surface area contributed by atoms with Crippen molar-refractivity contribution < 1.29 is 30.5 Å². The summed E-state index contributed by atoms with van der Waals surface area (Å²) >= 11 is 0. The lowest BCUT2D eigenvalue weighted by molar-refractivity contribution is -0.208. The van der Waals surface area contributed by atoms with Gasteiger partial charge in [0.1, 0.15) is 0 Å². The predicted molar refractivity (Wildman–Crippen MR) is 67.0 cm³/mol. The van der Waals surface area contributed by atoms with Crippen LogP contribution < -0.4 is 0 Å². The van der Waals surface area contributed by atoms with Crippen LogP contribution in [0.5, 0.6) is 0 Å². The van der Waals surface area contributed by atoms with Crippen molar-refractivity contribution in [3.8, 4) is 0 Å². The quantitative estimate of drug-likeness (QED) is 0.344. The average molecular weight is 339 g/mol. The molecule has 4 aliphatic rings. The largest absolute Gasteiger partial charge is 0.743 e. The zero-order valence-electron chi connectivity index (χ0n) is 11.5. The van der Waals surface area contributed by atoms with Crippen LogP contribution in [-0.2, 0) is 10.1 Å². The van der Waals surface area contributed by atoms with Crippen LogP contribution in [0.1, 0.15) is 19.3 Å². The number of hydrogen-bond donors (Lipinski definition) is 0. The Morgan fingerprint density at radius 3 is 2.14 bits per heavy atom. The third-order valence-corrected chi connectivity index (χ3v) is 7.34. The number of allylic oxidation sites excluding steroid dienone is 2. The summed E-state index contributed by atoms with van der Waals surface area (Å²) in [6.45, 7) is 0. The Morgan fingerprint density at radius 2 is 1.55 bits per heavy atom. The molecule has 124 valence electrons. The topological polar surface area (TPSA) is 57.2 Å². The van der Waals surface area contributed by atoms with E-state index in [1.54, 1.807) is 0 Å². The van der Waals surface area contributed by atoms with Crippen LogP contribution in [0.25, 0.3) is 0 Å². The summed E-state index contributed by atoms with van der Waals surface area (Å²) in [6.07, 6.45) is 5.29. The molecule has 0 saturated heterocycles. The van der Waals surface area contributed by atoms with Crippen molar-refractivity contribution in [2.45, 2.75) is 30.4 Å². The van der Waals surface area contributed by atoms with E-state index in [1.807, 2.05) is 6.08 Å². The van der Waals surface area contributed by atoms with Gasteiger partial charge < -0.3 is 4.55 Å². The zero-order valence-corrected chi connectivity index (χ0v) is 12.3. The molecular weight excluding hydrogens is 324 g/mol. The Labute approximate surface area is 125 Å². The van der Waals surface area contributed by atoms with Crippen molar-refractivity contribution in [2.24, 2.45) is 41.4 Å². The number of fused-ring (bicyclic) bond motifs is 9. The number of halogens is 4. The van der Waals surface area contributed by atoms with Crippen LogP contribution >= 0.6 is 0 Å². The minimum atomic E-state index is -6.39. The van der Waals surface area contributed by atoms with Gasteiger partial charge in [-0.25, -0.2) is 8.42 Å². The van der Waals surface area contributed by atoms with Gasteiger partial charge in [-0.3, -0.25) is 0 Å². The molecule has 0 aromatic rings. The van der Waals surface area contributed by atoms with Gasteiger partial charge >= 0.3 is 11.2 Å². The highest BCUT2D eigenvalue weighted by Crippen LogP contribution is 2.69. The molecule has 7 atom stereocenters. The van der Waals surface area contributed by atoms with Crippen molar-refractivity contribution in [3.05, 3.63) is 12.2 Å². The lowest BCUT2D eigenvalue weighted by Crippen LogP contribution is -2.54. The van der Waals surface area contributed by atoms with Crippen LogP contribution in [0.2, 0.25) is 0 Å². The number of rotatable bonds is 3. The maximum Gasteiger partial charge on any atom is 0.396 e. The molecule has 4 aliphatic carbocycles. The second-order valence-corrected chi connectivity index (χ2v) is 8.62. The van der Waals surface area contributed by atoms with E-state index < -0.39 is 33.1 Å². The minimum Gasteiger partial charge on any atom is -0.743 e. The predicted octanol–water partition coefficient (Wildman–Crippen LogP) is 2.85. The molecular formula is C14H15F4O3S-. The summed E-state index contributed by atoms with van der Waals surface area (Å²) in [7, 11) is -6.39. The first-order valence-electron chi connectivity index (χ1n) is 7.45. The Hall–Kier alpha value is -0.630. The van der Waals surface area contributed by atoms with Crippen molar-refractivity contribution >= 4 is 10.1 Å². The molecule has 0 N–H and O–H groups in total. The molecule has 4 rings (SSSR count). The van der Waals surface area contributed by atoms with Crippen molar-refractivity contribution in [3.63, 3.8) is 0 Å². The third kappa shape index (κ3) is 1.58. The fourth-order valence-corrected chi connectivity index (χ4v) is 6.30. The summed E-state index contributed by atoms with van der Waals surface area (Å²) in [5.74, 6) is -6.49. The van der Waals surface area contributed by atoms with E-state index in [9.17, 15) is 30.5 Å². The normalized spacial score (nSPS) is 46.5. The molecule has 0 amide bonds. The van der Waals surface area contributed by atoms with Gasteiger partial charge in [-0.2, -0.15) is 17.6 Å². The van der Waals surface area contributed by atoms with Crippen molar-refractivity contribution in [1.82, 2.24) is 0 Å². The van der Waals surface area contributed by atoms with Crippen LogP contribution in [0, 0.1) is 41.4 Å². The second kappa shape index (κ2) is 4.06. The fraction of sp³-hybridized carbons (Fsp3) is 0.857. The van der Waals surface area contributed by atoms with Gasteiger partial charge in [-0.1, -0.05) is 12.2 Å². The van der Waals surface area contributed by atoms with E-state index in [4.69, 9.17) is 0 Å². The molecule has 0 aliphatic heterocycles. The Balaban J connectivity index is 1.67. The summed E-state index contributed by atoms with van der Waals surface area (Å²) in [6, 6.07) is 0. The Bertz CT molecular complexity index is 644. The van der Waals surface area contributed by atoms with Gasteiger partial charge in [-0.05, 0) is 54.8 Å². The van der Waals surface area contributed by atoms with Gasteiger partial charge in [0.05, 0.1) is 0 Å². The first-order valence-corrected chi connectivity index (χ1v) is 8.86. The molecule has 22 heavy (non-hydrogen) atoms. The number of hydrogen-bond acceptors (Lipinski definition) is 3. The lowest BCUT2D eigenvalue weighted by Gasteiger charge is -2.42. The summed E-state index contributed by atoms with van der Waals surface area (Å²) in [5, 5.41) is -5.54. The van der Waals surface area contributed by atoms with Gasteiger partial charge in [0, 0.05) is 5.92 Å². The SMILES string of the molecule is O=S(=O)([O-])C(F)(F)C(F)(F)C1CC2CC1C1C3C=CC(C3)C21. The Morgan fingerprint density at radius 1 is 0.955 bits per heavy atom. The Kier molecular flexibility index (Phi) is 2.76. The lowest BCUT2D eigenvalue weighted by atomic mass is 9.68. The maximum atomic E-state index is 14.2. The minimum absolute atomic E-state index is 0.0593. The highest BCUT2D eigenvalue weighted by molar-refractivity contribution is 7.86. The molecule has 3 saturated carbocycles. The highest BCUT2D eigenvalue weighted by atomic mass is 32.2. The van der Waals surface area contributed by atoms with Gasteiger partial charge in [-0.15, -0.1) is 0 Å². The molecule has 3 fully saturated rings. The maximum absolute atomic E-state index is 14.2. The molecule has 3 nitrogen and oxygen atoms in total. The van der Waals surface area contributed by atoms with E-state index in [2.05, 4.69) is 6.08 Å². The molecule has 0 radical (unpaired) electrons. The smallest absolute Gasteiger partial charge is 0.396 e. The van der Waals surface area contributed by atoms with E-state index in [0.717, 1.165) is 6.42 Å². The second-order valence-electron chi connectivity index (χ2n) is 7.20. The first-order chi connectivity index (χ1) is 10.1. The average Bonchev–Trinajstić information content (AvgIpc) is 3.15. The number of alkyl halides is 4. The monoisotopic (exact) mass is 339 g/mol. The van der Waals surface area contributed by atoms with Crippen LogP contribution in [-0.4, -0.2) is 24.1 Å². The zero-order chi connectivity index (χ0) is 16.1. The van der Waals surface area contributed by atoms with Gasteiger partial charge in [0.25, 0.3) is 0 Å². The van der Waals surface area contributed by atoms with E-state index in [0.29, 0.717) is 12.3 Å². The van der Waals surface area contributed by atoms with Gasteiger partial charge in [0.15, 0.2) is 10.1 Å². The molecule has 4 bridgehead atoms. The first kappa shape index (κ1) is 14.9. The molecule has 0 spiro atoms. The van der Waals surface area contributed by atoms with Crippen molar-refractivity contribution in [2.75, 3.05) is 0 Å². The van der Waals surface area contributed by atoms with Crippen LogP contribution in [0.15, 0.2) is 12.2 Å². The standard InChI is InChI=1S/C14H16F4O3S/c15-13(16,14(17,18)22(19,20)21)10-5-8-4-9(10)12-7-2-1-6(3-7)11(8)12/h1-2,6-12H,3-5H2,(H,19,20,21)/p-1. The molecule has 8 heteroatoms. The highest BCUT2D eigenvalue weighted by Gasteiger charge is 2.72. The van der Waals surface area contributed by atoms with E-state index >= 15 is 0 Å². The van der Waals surface area contributed by atoms with Crippen LogP contribution in [0.4, 0.5) is 17.6 Å².